The molecule has 0 saturated carbocycles. The molecule has 0 spiro atoms. The van der Waals surface area contributed by atoms with Gasteiger partial charge in [0.05, 0.1) is 5.56 Å². The summed E-state index contributed by atoms with van der Waals surface area (Å²) >= 11 is 3.16. The van der Waals surface area contributed by atoms with Crippen molar-refractivity contribution < 1.29 is 22.0 Å². The van der Waals surface area contributed by atoms with Crippen molar-refractivity contribution >= 4 is 27.6 Å². The second kappa shape index (κ2) is 5.97. The molecule has 0 bridgehead atoms. The van der Waals surface area contributed by atoms with E-state index in [0.717, 1.165) is 12.1 Å². The van der Waals surface area contributed by atoms with Crippen molar-refractivity contribution in [1.29, 1.82) is 0 Å². The Hall–Kier alpha value is -1.69. The minimum Gasteiger partial charge on any atom is -0.203 e. The van der Waals surface area contributed by atoms with E-state index in [4.69, 9.17) is 0 Å². The highest BCUT2D eigenvalue weighted by molar-refractivity contribution is 9.10. The molecule has 0 atom stereocenters. The zero-order chi connectivity index (χ0) is 15.6. The third kappa shape index (κ3) is 3.69. The largest absolute Gasteiger partial charge is 0.416 e. The quantitative estimate of drug-likeness (QED) is 0.438. The summed E-state index contributed by atoms with van der Waals surface area (Å²) in [6, 6.07) is 9.02. The van der Waals surface area contributed by atoms with Crippen LogP contribution < -0.4 is 0 Å². The molecule has 0 aliphatic carbocycles. The Morgan fingerprint density at radius 1 is 0.714 bits per heavy atom. The van der Waals surface area contributed by atoms with Crippen LogP contribution in [0, 0.1) is 0 Å². The zero-order valence-electron chi connectivity index (χ0n) is 10.4. The van der Waals surface area contributed by atoms with Crippen molar-refractivity contribution in [2.45, 2.75) is 6.18 Å². The number of hydrogen-bond acceptors (Lipinski definition) is 0. The third-order valence-corrected chi connectivity index (χ3v) is 3.28. The Balaban J connectivity index is 2.36. The topological polar surface area (TPSA) is 0 Å². The summed E-state index contributed by atoms with van der Waals surface area (Å²) in [7, 11) is 0. The number of benzene rings is 2. The Labute approximate surface area is 126 Å². The molecule has 0 fully saturated rings. The lowest BCUT2D eigenvalue weighted by Gasteiger charge is -2.07. The molecule has 0 heterocycles. The molecule has 2 aromatic carbocycles. The van der Waals surface area contributed by atoms with E-state index in [0.29, 0.717) is 16.6 Å². The molecule has 110 valence electrons. The highest BCUT2D eigenvalue weighted by atomic mass is 79.9. The molecule has 0 nitrogen and oxygen atoms in total. The Bertz CT molecular complexity index is 654. The average molecular weight is 363 g/mol. The van der Waals surface area contributed by atoms with Gasteiger partial charge in [0.15, 0.2) is 11.7 Å². The van der Waals surface area contributed by atoms with E-state index in [1.165, 1.54) is 24.3 Å². The highest BCUT2D eigenvalue weighted by Crippen LogP contribution is 2.33. The minimum atomic E-state index is -4.51. The molecule has 0 N–H and O–H groups in total. The number of halogens is 6. The summed E-state index contributed by atoms with van der Waals surface area (Å²) in [5, 5.41) is 0. The van der Waals surface area contributed by atoms with Gasteiger partial charge in [-0.2, -0.15) is 13.2 Å². The van der Waals surface area contributed by atoms with Crippen molar-refractivity contribution in [3.8, 4) is 0 Å². The van der Waals surface area contributed by atoms with E-state index >= 15 is 0 Å². The SMILES string of the molecule is F/C(=C(\F)c1ccc(C(F)(F)F)cc1)c1ccc(Br)cc1. The lowest BCUT2D eigenvalue weighted by molar-refractivity contribution is -0.137. The Morgan fingerprint density at radius 3 is 1.48 bits per heavy atom. The molecule has 2 rings (SSSR count). The van der Waals surface area contributed by atoms with Gasteiger partial charge >= 0.3 is 6.18 Å². The van der Waals surface area contributed by atoms with Gasteiger partial charge in [0, 0.05) is 15.6 Å². The third-order valence-electron chi connectivity index (χ3n) is 2.76. The predicted molar refractivity (Wildman–Crippen MR) is 74.6 cm³/mol. The maximum atomic E-state index is 14.0. The molecule has 6 heteroatoms. The molecular weight excluding hydrogens is 355 g/mol. The van der Waals surface area contributed by atoms with Gasteiger partial charge in [-0.1, -0.05) is 40.2 Å². The van der Waals surface area contributed by atoms with Crippen molar-refractivity contribution in [1.82, 2.24) is 0 Å². The average Bonchev–Trinajstić information content (AvgIpc) is 2.46. The molecule has 21 heavy (non-hydrogen) atoms. The van der Waals surface area contributed by atoms with Crippen LogP contribution in [0.1, 0.15) is 16.7 Å². The zero-order valence-corrected chi connectivity index (χ0v) is 12.0. The number of rotatable bonds is 2. The van der Waals surface area contributed by atoms with Gasteiger partial charge in [0.25, 0.3) is 0 Å². The maximum absolute atomic E-state index is 14.0. The number of alkyl halides is 3. The van der Waals surface area contributed by atoms with Crippen LogP contribution in [0.25, 0.3) is 11.7 Å². The van der Waals surface area contributed by atoms with Crippen molar-refractivity contribution in [3.05, 3.63) is 69.7 Å². The van der Waals surface area contributed by atoms with Gasteiger partial charge in [-0.05, 0) is 24.3 Å². The van der Waals surface area contributed by atoms with Crippen LogP contribution in [-0.2, 0) is 6.18 Å². The van der Waals surface area contributed by atoms with Crippen LogP contribution in [-0.4, -0.2) is 0 Å². The van der Waals surface area contributed by atoms with Gasteiger partial charge in [0.1, 0.15) is 0 Å². The van der Waals surface area contributed by atoms with E-state index in [1.807, 2.05) is 0 Å². The Kier molecular flexibility index (Phi) is 4.46. The minimum absolute atomic E-state index is 0.00981. The fraction of sp³-hybridized carbons (Fsp3) is 0.0667. The van der Waals surface area contributed by atoms with E-state index in [2.05, 4.69) is 15.9 Å². The fourth-order valence-corrected chi connectivity index (χ4v) is 1.92. The van der Waals surface area contributed by atoms with E-state index in [-0.39, 0.29) is 11.1 Å². The van der Waals surface area contributed by atoms with Crippen molar-refractivity contribution in [2.24, 2.45) is 0 Å². The smallest absolute Gasteiger partial charge is 0.203 e. The standard InChI is InChI=1S/C15H8BrF5/c16-12-7-3-10(4-8-12)14(18)13(17)9-1-5-11(6-2-9)15(19,20)21/h1-8H/b14-13-. The summed E-state index contributed by atoms with van der Waals surface area (Å²) in [6.07, 6.45) is -4.51. The van der Waals surface area contributed by atoms with Crippen LogP contribution in [0.15, 0.2) is 53.0 Å². The predicted octanol–water partition coefficient (Wildman–Crippen LogP) is 6.23. The number of hydrogen-bond donors (Lipinski definition) is 0. The fourth-order valence-electron chi connectivity index (χ4n) is 1.66. The second-order valence-corrected chi connectivity index (χ2v) is 5.13. The van der Waals surface area contributed by atoms with Crippen LogP contribution in [0.4, 0.5) is 22.0 Å². The summed E-state index contributed by atoms with van der Waals surface area (Å²) in [5.41, 5.74) is -1.15. The molecule has 0 aliphatic heterocycles. The maximum Gasteiger partial charge on any atom is 0.416 e. The van der Waals surface area contributed by atoms with Crippen LogP contribution in [0.2, 0.25) is 0 Å². The molecule has 0 aliphatic rings. The van der Waals surface area contributed by atoms with Crippen molar-refractivity contribution in [2.75, 3.05) is 0 Å². The second-order valence-electron chi connectivity index (χ2n) is 4.21. The molecule has 0 unspecified atom stereocenters. The van der Waals surface area contributed by atoms with Crippen molar-refractivity contribution in [3.63, 3.8) is 0 Å². The molecule has 0 saturated heterocycles. The first-order chi connectivity index (χ1) is 9.79. The molecule has 0 amide bonds. The van der Waals surface area contributed by atoms with Gasteiger partial charge in [-0.15, -0.1) is 0 Å². The lowest BCUT2D eigenvalue weighted by atomic mass is 10.1. The van der Waals surface area contributed by atoms with Gasteiger partial charge in [-0.3, -0.25) is 0 Å². The van der Waals surface area contributed by atoms with Gasteiger partial charge < -0.3 is 0 Å². The van der Waals surface area contributed by atoms with E-state index in [1.54, 1.807) is 0 Å². The summed E-state index contributed by atoms with van der Waals surface area (Å²) in [4.78, 5) is 0. The van der Waals surface area contributed by atoms with E-state index in [9.17, 15) is 22.0 Å². The first kappa shape index (κ1) is 15.7. The highest BCUT2D eigenvalue weighted by Gasteiger charge is 2.30. The van der Waals surface area contributed by atoms with Gasteiger partial charge in [0.2, 0.25) is 0 Å². The molecule has 2 aromatic rings. The molecular formula is C15H8BrF5. The van der Waals surface area contributed by atoms with Crippen LogP contribution in [0.5, 0.6) is 0 Å². The summed E-state index contributed by atoms with van der Waals surface area (Å²) < 4.78 is 65.8. The Morgan fingerprint density at radius 2 is 1.10 bits per heavy atom. The van der Waals surface area contributed by atoms with Crippen LogP contribution >= 0.6 is 15.9 Å². The van der Waals surface area contributed by atoms with Crippen LogP contribution in [0.3, 0.4) is 0 Å². The summed E-state index contributed by atoms with van der Waals surface area (Å²) in [6.45, 7) is 0. The first-order valence-corrected chi connectivity index (χ1v) is 6.57. The summed E-state index contributed by atoms with van der Waals surface area (Å²) in [5.74, 6) is -2.33. The lowest BCUT2D eigenvalue weighted by Crippen LogP contribution is -2.04. The molecule has 0 aromatic heterocycles. The normalized spacial score (nSPS) is 13.0. The monoisotopic (exact) mass is 362 g/mol. The first-order valence-electron chi connectivity index (χ1n) is 5.78. The van der Waals surface area contributed by atoms with Gasteiger partial charge in [-0.25, -0.2) is 8.78 Å². The molecule has 0 radical (unpaired) electrons. The van der Waals surface area contributed by atoms with E-state index < -0.39 is 23.4 Å².